The minimum Gasteiger partial charge on any atom is -0.495 e. The molecule has 1 aliphatic heterocycles. The quantitative estimate of drug-likeness (QED) is 0.775. The molecule has 27 heavy (non-hydrogen) atoms. The molecular weight excluding hydrogens is 342 g/mol. The van der Waals surface area contributed by atoms with Crippen molar-refractivity contribution < 1.29 is 14.3 Å². The maximum atomic E-state index is 13.1. The lowest BCUT2D eigenvalue weighted by Crippen LogP contribution is -2.46. The number of urea groups is 1. The standard InChI is InChI=1S/C21H23N3O3/c1-12-9-10-15(13(2)11-12)19-18(14(3)22-21(26)24-19)20(25)23-16-7-5-6-8-17(16)27-4/h5-11,19H,1-4H3,(H,23,25)(H2,22,24,26)/t19-/m1/s1. The number of carbonyl (C=O) groups excluding carboxylic acids is 2. The van der Waals surface area contributed by atoms with E-state index in [-0.39, 0.29) is 11.9 Å². The summed E-state index contributed by atoms with van der Waals surface area (Å²) in [6.07, 6.45) is 0. The van der Waals surface area contributed by atoms with Gasteiger partial charge in [0, 0.05) is 5.70 Å². The van der Waals surface area contributed by atoms with E-state index in [1.807, 2.05) is 44.2 Å². The van der Waals surface area contributed by atoms with Gasteiger partial charge in [-0.15, -0.1) is 0 Å². The van der Waals surface area contributed by atoms with Crippen molar-refractivity contribution in [1.82, 2.24) is 10.6 Å². The fraction of sp³-hybridized carbons (Fsp3) is 0.238. The highest BCUT2D eigenvalue weighted by atomic mass is 16.5. The number of rotatable bonds is 4. The van der Waals surface area contributed by atoms with Gasteiger partial charge >= 0.3 is 6.03 Å². The molecule has 0 fully saturated rings. The first-order chi connectivity index (χ1) is 12.9. The Balaban J connectivity index is 2.00. The molecule has 0 saturated heterocycles. The number of hydrogen-bond acceptors (Lipinski definition) is 3. The van der Waals surface area contributed by atoms with Crippen molar-refractivity contribution >= 4 is 17.6 Å². The second-order valence-corrected chi connectivity index (χ2v) is 6.58. The maximum Gasteiger partial charge on any atom is 0.319 e. The van der Waals surface area contributed by atoms with Crippen LogP contribution in [-0.2, 0) is 4.79 Å². The normalized spacial score (nSPS) is 16.4. The van der Waals surface area contributed by atoms with Crippen molar-refractivity contribution in [2.24, 2.45) is 0 Å². The zero-order chi connectivity index (χ0) is 19.6. The highest BCUT2D eigenvalue weighted by Gasteiger charge is 2.32. The number of carbonyl (C=O) groups is 2. The summed E-state index contributed by atoms with van der Waals surface area (Å²) in [6, 6.07) is 12.3. The Bertz CT molecular complexity index is 934. The van der Waals surface area contributed by atoms with E-state index in [1.165, 1.54) is 0 Å². The first-order valence-corrected chi connectivity index (χ1v) is 8.70. The van der Waals surface area contributed by atoms with Gasteiger partial charge in [-0.25, -0.2) is 4.79 Å². The molecule has 3 N–H and O–H groups in total. The van der Waals surface area contributed by atoms with Crippen LogP contribution in [0, 0.1) is 13.8 Å². The van der Waals surface area contributed by atoms with Gasteiger partial charge in [-0.2, -0.15) is 0 Å². The molecule has 0 bridgehead atoms. The van der Waals surface area contributed by atoms with E-state index in [2.05, 4.69) is 16.0 Å². The van der Waals surface area contributed by atoms with Gasteiger partial charge in [0.1, 0.15) is 5.75 Å². The Morgan fingerprint density at radius 1 is 1.11 bits per heavy atom. The third-order valence-electron chi connectivity index (χ3n) is 4.61. The lowest BCUT2D eigenvalue weighted by molar-refractivity contribution is -0.113. The predicted molar refractivity (Wildman–Crippen MR) is 105 cm³/mol. The number of aryl methyl sites for hydroxylation is 2. The largest absolute Gasteiger partial charge is 0.495 e. The summed E-state index contributed by atoms with van der Waals surface area (Å²) in [7, 11) is 1.55. The molecule has 0 radical (unpaired) electrons. The predicted octanol–water partition coefficient (Wildman–Crippen LogP) is 3.58. The average Bonchev–Trinajstić information content (AvgIpc) is 2.61. The van der Waals surface area contributed by atoms with Crippen LogP contribution in [0.1, 0.15) is 29.7 Å². The van der Waals surface area contributed by atoms with Crippen LogP contribution in [0.5, 0.6) is 5.75 Å². The van der Waals surface area contributed by atoms with Crippen LogP contribution in [0.3, 0.4) is 0 Å². The SMILES string of the molecule is COc1ccccc1NC(=O)C1=C(C)NC(=O)N[C@@H]1c1ccc(C)cc1C. The monoisotopic (exact) mass is 365 g/mol. The van der Waals surface area contributed by atoms with Crippen molar-refractivity contribution in [2.45, 2.75) is 26.8 Å². The van der Waals surface area contributed by atoms with Gasteiger partial charge in [-0.05, 0) is 44.0 Å². The second-order valence-electron chi connectivity index (χ2n) is 6.58. The van der Waals surface area contributed by atoms with E-state index in [1.54, 1.807) is 26.2 Å². The first-order valence-electron chi connectivity index (χ1n) is 8.70. The van der Waals surface area contributed by atoms with E-state index < -0.39 is 6.04 Å². The number of ether oxygens (including phenoxy) is 1. The van der Waals surface area contributed by atoms with Crippen molar-refractivity contribution in [3.8, 4) is 5.75 Å². The lowest BCUT2D eigenvalue weighted by Gasteiger charge is -2.29. The lowest BCUT2D eigenvalue weighted by atomic mass is 9.91. The molecular formula is C21H23N3O3. The smallest absolute Gasteiger partial charge is 0.319 e. The molecule has 3 amide bonds. The molecule has 6 nitrogen and oxygen atoms in total. The molecule has 0 unspecified atom stereocenters. The van der Waals surface area contributed by atoms with E-state index in [9.17, 15) is 9.59 Å². The molecule has 0 spiro atoms. The van der Waals surface area contributed by atoms with E-state index in [0.29, 0.717) is 22.7 Å². The van der Waals surface area contributed by atoms with Gasteiger partial charge in [-0.3, -0.25) is 4.79 Å². The van der Waals surface area contributed by atoms with Gasteiger partial charge in [0.2, 0.25) is 0 Å². The summed E-state index contributed by atoms with van der Waals surface area (Å²) >= 11 is 0. The van der Waals surface area contributed by atoms with Crippen LogP contribution in [0.15, 0.2) is 53.7 Å². The summed E-state index contributed by atoms with van der Waals surface area (Å²) in [5.41, 5.74) is 4.58. The zero-order valence-corrected chi connectivity index (χ0v) is 15.8. The molecule has 0 saturated carbocycles. The number of methoxy groups -OCH3 is 1. The molecule has 3 rings (SSSR count). The number of amides is 3. The summed E-state index contributed by atoms with van der Waals surface area (Å²) < 4.78 is 5.31. The molecule has 2 aromatic carbocycles. The van der Waals surface area contributed by atoms with Crippen molar-refractivity contribution in [3.05, 3.63) is 70.4 Å². The molecule has 2 aromatic rings. The number of anilines is 1. The van der Waals surface area contributed by atoms with Gasteiger partial charge in [0.25, 0.3) is 5.91 Å². The number of allylic oxidation sites excluding steroid dienone is 1. The first kappa shape index (κ1) is 18.5. The van der Waals surface area contributed by atoms with E-state index in [4.69, 9.17) is 4.74 Å². The third-order valence-corrected chi connectivity index (χ3v) is 4.61. The minimum absolute atomic E-state index is 0.297. The topological polar surface area (TPSA) is 79.5 Å². The van der Waals surface area contributed by atoms with Gasteiger partial charge in [-0.1, -0.05) is 35.9 Å². The average molecular weight is 365 g/mol. The van der Waals surface area contributed by atoms with Gasteiger partial charge < -0.3 is 20.7 Å². The van der Waals surface area contributed by atoms with Crippen molar-refractivity contribution in [3.63, 3.8) is 0 Å². The fourth-order valence-electron chi connectivity index (χ4n) is 3.32. The Labute approximate surface area is 158 Å². The summed E-state index contributed by atoms with van der Waals surface area (Å²) in [5, 5.41) is 8.46. The molecule has 140 valence electrons. The molecule has 1 atom stereocenters. The van der Waals surface area contributed by atoms with Crippen molar-refractivity contribution in [1.29, 1.82) is 0 Å². The molecule has 1 aliphatic rings. The Kier molecular flexibility index (Phi) is 5.16. The van der Waals surface area contributed by atoms with E-state index >= 15 is 0 Å². The minimum atomic E-state index is -0.533. The third kappa shape index (κ3) is 3.79. The van der Waals surface area contributed by atoms with Crippen LogP contribution < -0.4 is 20.7 Å². The van der Waals surface area contributed by atoms with Crippen LogP contribution in [-0.4, -0.2) is 19.0 Å². The summed E-state index contributed by atoms with van der Waals surface area (Å²) in [6.45, 7) is 5.71. The zero-order valence-electron chi connectivity index (χ0n) is 15.8. The summed E-state index contributed by atoms with van der Waals surface area (Å²) in [4.78, 5) is 25.2. The highest BCUT2D eigenvalue weighted by molar-refractivity contribution is 6.07. The number of hydrogen-bond donors (Lipinski definition) is 3. The van der Waals surface area contributed by atoms with Crippen molar-refractivity contribution in [2.75, 3.05) is 12.4 Å². The molecule has 1 heterocycles. The molecule has 0 aromatic heterocycles. The maximum absolute atomic E-state index is 13.1. The number of para-hydroxylation sites is 2. The van der Waals surface area contributed by atoms with Crippen LogP contribution in [0.4, 0.5) is 10.5 Å². The van der Waals surface area contributed by atoms with Crippen LogP contribution >= 0.6 is 0 Å². The Morgan fingerprint density at radius 3 is 2.56 bits per heavy atom. The number of benzene rings is 2. The van der Waals surface area contributed by atoms with Gasteiger partial charge in [0.05, 0.1) is 24.4 Å². The Morgan fingerprint density at radius 2 is 1.85 bits per heavy atom. The van der Waals surface area contributed by atoms with E-state index in [0.717, 1.165) is 16.7 Å². The van der Waals surface area contributed by atoms with Crippen LogP contribution in [0.2, 0.25) is 0 Å². The second kappa shape index (κ2) is 7.53. The van der Waals surface area contributed by atoms with Gasteiger partial charge in [0.15, 0.2) is 0 Å². The molecule has 0 aliphatic carbocycles. The summed E-state index contributed by atoms with van der Waals surface area (Å²) in [5.74, 6) is 0.273. The van der Waals surface area contributed by atoms with Crippen LogP contribution in [0.25, 0.3) is 0 Å². The molecule has 6 heteroatoms. The fourth-order valence-corrected chi connectivity index (χ4v) is 3.32. The highest BCUT2D eigenvalue weighted by Crippen LogP contribution is 2.31. The Hall–Kier alpha value is -3.28. The number of nitrogens with one attached hydrogen (secondary N) is 3.